The molecular formula is C14H29N3O. The Morgan fingerprint density at radius 2 is 2.17 bits per heavy atom. The Bertz CT molecular complexity index is 278. The first-order valence-electron chi connectivity index (χ1n) is 7.21. The Kier molecular flexibility index (Phi) is 5.93. The SMILES string of the molecule is CCNC(=NCC1(C)CCCCC1O)NC(C)C. The van der Waals surface area contributed by atoms with E-state index >= 15 is 0 Å². The van der Waals surface area contributed by atoms with Gasteiger partial charge in [-0.1, -0.05) is 19.8 Å². The monoisotopic (exact) mass is 255 g/mol. The van der Waals surface area contributed by atoms with Gasteiger partial charge in [-0.3, -0.25) is 4.99 Å². The highest BCUT2D eigenvalue weighted by Crippen LogP contribution is 2.36. The van der Waals surface area contributed by atoms with Gasteiger partial charge in [0.05, 0.1) is 12.6 Å². The van der Waals surface area contributed by atoms with Crippen LogP contribution in [0.2, 0.25) is 0 Å². The smallest absolute Gasteiger partial charge is 0.191 e. The van der Waals surface area contributed by atoms with Gasteiger partial charge in [0.15, 0.2) is 5.96 Å². The molecule has 4 heteroatoms. The van der Waals surface area contributed by atoms with E-state index in [2.05, 4.69) is 43.3 Å². The van der Waals surface area contributed by atoms with Gasteiger partial charge >= 0.3 is 0 Å². The number of rotatable bonds is 4. The van der Waals surface area contributed by atoms with Gasteiger partial charge in [0.2, 0.25) is 0 Å². The van der Waals surface area contributed by atoms with Gasteiger partial charge in [-0.15, -0.1) is 0 Å². The molecule has 1 aliphatic rings. The molecule has 2 atom stereocenters. The summed E-state index contributed by atoms with van der Waals surface area (Å²) < 4.78 is 0. The van der Waals surface area contributed by atoms with Gasteiger partial charge in [0.25, 0.3) is 0 Å². The lowest BCUT2D eigenvalue weighted by molar-refractivity contribution is 0.00716. The van der Waals surface area contributed by atoms with Crippen LogP contribution in [0.5, 0.6) is 0 Å². The fourth-order valence-corrected chi connectivity index (χ4v) is 2.42. The average Bonchev–Trinajstić information content (AvgIpc) is 2.30. The normalized spacial score (nSPS) is 29.4. The average molecular weight is 255 g/mol. The molecule has 1 aliphatic carbocycles. The Labute approximate surface area is 111 Å². The summed E-state index contributed by atoms with van der Waals surface area (Å²) in [6, 6.07) is 0.367. The van der Waals surface area contributed by atoms with Crippen LogP contribution < -0.4 is 10.6 Å². The van der Waals surface area contributed by atoms with E-state index in [0.717, 1.165) is 31.8 Å². The van der Waals surface area contributed by atoms with Crippen LogP contribution in [0.25, 0.3) is 0 Å². The molecule has 0 aromatic carbocycles. The van der Waals surface area contributed by atoms with Crippen LogP contribution in [0.3, 0.4) is 0 Å². The molecule has 0 spiro atoms. The van der Waals surface area contributed by atoms with Gasteiger partial charge in [-0.05, 0) is 33.6 Å². The van der Waals surface area contributed by atoms with Crippen LogP contribution in [-0.2, 0) is 0 Å². The molecule has 0 saturated heterocycles. The van der Waals surface area contributed by atoms with Crippen molar-refractivity contribution >= 4 is 5.96 Å². The van der Waals surface area contributed by atoms with Gasteiger partial charge in [0, 0.05) is 18.0 Å². The first-order valence-corrected chi connectivity index (χ1v) is 7.21. The van der Waals surface area contributed by atoms with E-state index in [1.165, 1.54) is 6.42 Å². The highest BCUT2D eigenvalue weighted by atomic mass is 16.3. The Hall–Kier alpha value is -0.770. The van der Waals surface area contributed by atoms with E-state index in [1.807, 2.05) is 0 Å². The Morgan fingerprint density at radius 3 is 2.72 bits per heavy atom. The lowest BCUT2D eigenvalue weighted by atomic mass is 9.73. The lowest BCUT2D eigenvalue weighted by Crippen LogP contribution is -2.43. The van der Waals surface area contributed by atoms with Crippen molar-refractivity contribution in [3.63, 3.8) is 0 Å². The van der Waals surface area contributed by atoms with E-state index < -0.39 is 0 Å². The summed E-state index contributed by atoms with van der Waals surface area (Å²) in [6.07, 6.45) is 4.12. The molecule has 0 aliphatic heterocycles. The van der Waals surface area contributed by atoms with Crippen molar-refractivity contribution in [2.24, 2.45) is 10.4 Å². The summed E-state index contributed by atoms with van der Waals surface area (Å²) in [4.78, 5) is 4.63. The summed E-state index contributed by atoms with van der Waals surface area (Å²) in [5, 5.41) is 16.7. The van der Waals surface area contributed by atoms with E-state index in [9.17, 15) is 5.11 Å². The molecule has 1 saturated carbocycles. The molecule has 1 rings (SSSR count). The lowest BCUT2D eigenvalue weighted by Gasteiger charge is -2.37. The van der Waals surface area contributed by atoms with Gasteiger partial charge < -0.3 is 15.7 Å². The van der Waals surface area contributed by atoms with Crippen LogP contribution in [0.1, 0.15) is 53.4 Å². The van der Waals surface area contributed by atoms with Crippen molar-refractivity contribution in [2.45, 2.75) is 65.5 Å². The zero-order chi connectivity index (χ0) is 13.6. The number of hydrogen-bond donors (Lipinski definition) is 3. The molecule has 2 unspecified atom stereocenters. The van der Waals surface area contributed by atoms with Crippen LogP contribution in [0.15, 0.2) is 4.99 Å². The van der Waals surface area contributed by atoms with Gasteiger partial charge in [0.1, 0.15) is 0 Å². The zero-order valence-electron chi connectivity index (χ0n) is 12.3. The maximum Gasteiger partial charge on any atom is 0.191 e. The van der Waals surface area contributed by atoms with Gasteiger partial charge in [-0.25, -0.2) is 0 Å². The molecule has 106 valence electrons. The topological polar surface area (TPSA) is 56.7 Å². The molecular weight excluding hydrogens is 226 g/mol. The minimum absolute atomic E-state index is 0.0580. The van der Waals surface area contributed by atoms with E-state index in [0.29, 0.717) is 12.6 Å². The molecule has 0 radical (unpaired) electrons. The molecule has 18 heavy (non-hydrogen) atoms. The number of nitrogens with zero attached hydrogens (tertiary/aromatic N) is 1. The summed E-state index contributed by atoms with van der Waals surface area (Å²) in [5.74, 6) is 0.853. The van der Waals surface area contributed by atoms with Crippen molar-refractivity contribution in [2.75, 3.05) is 13.1 Å². The van der Waals surface area contributed by atoms with Crippen LogP contribution in [0.4, 0.5) is 0 Å². The molecule has 0 heterocycles. The molecule has 0 aromatic heterocycles. The van der Waals surface area contributed by atoms with Crippen LogP contribution in [0, 0.1) is 5.41 Å². The standard InChI is InChI=1S/C14H29N3O/c1-5-15-13(17-11(2)3)16-10-14(4)9-7-6-8-12(14)18/h11-12,18H,5-10H2,1-4H3,(H2,15,16,17). The number of aliphatic imine (C=N–C) groups is 1. The fraction of sp³-hybridized carbons (Fsp3) is 0.929. The fourth-order valence-electron chi connectivity index (χ4n) is 2.42. The second-order valence-corrected chi connectivity index (χ2v) is 5.91. The predicted molar refractivity (Wildman–Crippen MR) is 76.8 cm³/mol. The van der Waals surface area contributed by atoms with E-state index in [4.69, 9.17) is 0 Å². The third kappa shape index (κ3) is 4.48. The maximum atomic E-state index is 10.1. The van der Waals surface area contributed by atoms with Gasteiger partial charge in [-0.2, -0.15) is 0 Å². The Balaban J connectivity index is 2.61. The number of aliphatic hydroxyl groups excluding tert-OH is 1. The minimum Gasteiger partial charge on any atom is -0.392 e. The molecule has 1 fully saturated rings. The predicted octanol–water partition coefficient (Wildman–Crippen LogP) is 1.89. The maximum absolute atomic E-state index is 10.1. The number of guanidine groups is 1. The molecule has 0 amide bonds. The van der Waals surface area contributed by atoms with Crippen molar-refractivity contribution in [3.8, 4) is 0 Å². The van der Waals surface area contributed by atoms with Crippen LogP contribution in [-0.4, -0.2) is 36.3 Å². The van der Waals surface area contributed by atoms with E-state index in [1.54, 1.807) is 0 Å². The second-order valence-electron chi connectivity index (χ2n) is 5.91. The van der Waals surface area contributed by atoms with Crippen LogP contribution >= 0.6 is 0 Å². The van der Waals surface area contributed by atoms with Crippen molar-refractivity contribution in [3.05, 3.63) is 0 Å². The van der Waals surface area contributed by atoms with Crippen molar-refractivity contribution in [1.82, 2.24) is 10.6 Å². The highest BCUT2D eigenvalue weighted by molar-refractivity contribution is 5.80. The minimum atomic E-state index is -0.211. The molecule has 3 N–H and O–H groups in total. The summed E-state index contributed by atoms with van der Waals surface area (Å²) in [7, 11) is 0. The van der Waals surface area contributed by atoms with Crippen molar-refractivity contribution < 1.29 is 5.11 Å². The molecule has 4 nitrogen and oxygen atoms in total. The molecule has 0 aromatic rings. The first-order chi connectivity index (χ1) is 8.48. The summed E-state index contributed by atoms with van der Waals surface area (Å²) >= 11 is 0. The van der Waals surface area contributed by atoms with Crippen molar-refractivity contribution in [1.29, 1.82) is 0 Å². The second kappa shape index (κ2) is 6.98. The van der Waals surface area contributed by atoms with E-state index in [-0.39, 0.29) is 11.5 Å². The molecule has 0 bridgehead atoms. The number of nitrogens with one attached hydrogen (secondary N) is 2. The summed E-state index contributed by atoms with van der Waals surface area (Å²) in [6.45, 7) is 9.97. The number of hydrogen-bond acceptors (Lipinski definition) is 2. The third-order valence-electron chi connectivity index (χ3n) is 3.65. The summed E-state index contributed by atoms with van der Waals surface area (Å²) in [5.41, 5.74) is -0.0580. The highest BCUT2D eigenvalue weighted by Gasteiger charge is 2.35. The third-order valence-corrected chi connectivity index (χ3v) is 3.65. The number of aliphatic hydroxyl groups is 1. The Morgan fingerprint density at radius 1 is 1.44 bits per heavy atom. The largest absolute Gasteiger partial charge is 0.392 e. The quantitative estimate of drug-likeness (QED) is 0.531. The first kappa shape index (κ1) is 15.3. The zero-order valence-corrected chi connectivity index (χ0v) is 12.3.